The first kappa shape index (κ1) is 25.4. The van der Waals surface area contributed by atoms with E-state index in [4.69, 9.17) is 21.9 Å². The molecule has 8 N–H and O–H groups in total. The third-order valence-corrected chi connectivity index (χ3v) is 8.83. The Bertz CT molecular complexity index is 1620. The molecule has 4 aromatic rings. The van der Waals surface area contributed by atoms with Crippen LogP contribution in [0.25, 0.3) is 10.1 Å². The Hall–Kier alpha value is -3.83. The van der Waals surface area contributed by atoms with Crippen molar-refractivity contribution in [2.75, 3.05) is 18.8 Å². The largest absolute Gasteiger partial charge is 0.457 e. The number of hydrogen-bond acceptors (Lipinski definition) is 8. The molecule has 0 bridgehead atoms. The fourth-order valence-electron chi connectivity index (χ4n) is 5.62. The molecule has 0 spiro atoms. The van der Waals surface area contributed by atoms with E-state index < -0.39 is 35.5 Å². The number of halogens is 1. The number of hydrogen-bond donors (Lipinski definition) is 5. The number of aryl methyl sites for hydroxylation is 1. The summed E-state index contributed by atoms with van der Waals surface area (Å²) in [5, 5.41) is 6.27. The van der Waals surface area contributed by atoms with Crippen molar-refractivity contribution in [1.29, 1.82) is 0 Å². The number of para-hydroxylation sites is 1. The highest BCUT2D eigenvalue weighted by molar-refractivity contribution is 7.21. The molecular weight excluding hydrogens is 517 g/mol. The van der Waals surface area contributed by atoms with Gasteiger partial charge in [0.2, 0.25) is 0 Å². The third-order valence-electron chi connectivity index (χ3n) is 7.58. The molecule has 1 saturated heterocycles. The van der Waals surface area contributed by atoms with Gasteiger partial charge in [-0.2, -0.15) is 0 Å². The monoisotopic (exact) mass is 545 g/mol. The van der Waals surface area contributed by atoms with Crippen LogP contribution < -0.4 is 32.6 Å². The number of amides is 1. The van der Waals surface area contributed by atoms with E-state index >= 15 is 0 Å². The minimum atomic E-state index is -1.58. The second kappa shape index (κ2) is 9.42. The zero-order chi connectivity index (χ0) is 27.5. The molecule has 2 aliphatic rings. The summed E-state index contributed by atoms with van der Waals surface area (Å²) in [4.78, 5) is 27.6. The van der Waals surface area contributed by atoms with Gasteiger partial charge in [0.15, 0.2) is 5.78 Å². The third kappa shape index (κ3) is 3.99. The van der Waals surface area contributed by atoms with Crippen LogP contribution in [0.5, 0.6) is 11.5 Å². The fourth-order valence-corrected chi connectivity index (χ4v) is 6.82. The lowest BCUT2D eigenvalue weighted by molar-refractivity contribution is -0.124. The van der Waals surface area contributed by atoms with Gasteiger partial charge in [0.05, 0.1) is 21.7 Å². The van der Waals surface area contributed by atoms with Gasteiger partial charge in [-0.1, -0.05) is 30.3 Å². The van der Waals surface area contributed by atoms with Crippen LogP contribution in [0.3, 0.4) is 0 Å². The lowest BCUT2D eigenvalue weighted by Crippen LogP contribution is -2.53. The van der Waals surface area contributed by atoms with E-state index in [1.54, 1.807) is 24.3 Å². The summed E-state index contributed by atoms with van der Waals surface area (Å²) in [5.41, 5.74) is 21.0. The number of rotatable bonds is 5. The molecule has 2 heterocycles. The molecule has 1 aliphatic carbocycles. The van der Waals surface area contributed by atoms with Gasteiger partial charge in [-0.05, 0) is 53.9 Å². The predicted octanol–water partition coefficient (Wildman–Crippen LogP) is 3.41. The average molecular weight is 546 g/mol. The standard InChI is InChI=1S/C29H28FN5O3S/c1-14-11-16(38-15-5-3-2-4-6-15)7-8-17(14)29(33)18-9-10-20(31)25-22(18)23(24(32)27(29)36)26(39-25)28(37)35-21-13-34-12-19(21)30/h2-11,19,21,24,34H,12-13,31-33H2,1H3,(H,35,37)/t19-,21-,24?,29?/m0/s1. The summed E-state index contributed by atoms with van der Waals surface area (Å²) in [6.07, 6.45) is -1.20. The normalized spacial score (nSPS) is 24.2. The first-order valence-corrected chi connectivity index (χ1v) is 13.5. The van der Waals surface area contributed by atoms with Crippen molar-refractivity contribution >= 4 is 38.8 Å². The number of carbonyl (C=O) groups is 2. The Kier molecular flexibility index (Phi) is 6.15. The number of nitrogen functional groups attached to an aromatic ring is 1. The highest BCUT2D eigenvalue weighted by Gasteiger charge is 2.49. The van der Waals surface area contributed by atoms with Gasteiger partial charge >= 0.3 is 0 Å². The maximum Gasteiger partial charge on any atom is 0.262 e. The quantitative estimate of drug-likeness (QED) is 0.242. The highest BCUT2D eigenvalue weighted by atomic mass is 32.1. The van der Waals surface area contributed by atoms with Crippen LogP contribution in [0.2, 0.25) is 0 Å². The van der Waals surface area contributed by atoms with Gasteiger partial charge in [0.25, 0.3) is 5.91 Å². The molecular formula is C29H28FN5O3S. The Morgan fingerprint density at radius 2 is 1.85 bits per heavy atom. The second-order valence-corrected chi connectivity index (χ2v) is 11.1. The predicted molar refractivity (Wildman–Crippen MR) is 150 cm³/mol. The number of nitrogens with one attached hydrogen (secondary N) is 2. The van der Waals surface area contributed by atoms with Crippen molar-refractivity contribution in [3.05, 3.63) is 87.8 Å². The summed E-state index contributed by atoms with van der Waals surface area (Å²) in [5.74, 6) is 0.353. The van der Waals surface area contributed by atoms with E-state index in [2.05, 4.69) is 10.6 Å². The molecule has 2 unspecified atom stereocenters. The van der Waals surface area contributed by atoms with Crippen LogP contribution in [-0.4, -0.2) is 37.0 Å². The smallest absolute Gasteiger partial charge is 0.262 e. The number of nitrogens with two attached hydrogens (primary N) is 3. The number of thiophene rings is 1. The van der Waals surface area contributed by atoms with Crippen molar-refractivity contribution in [1.82, 2.24) is 10.6 Å². The minimum absolute atomic E-state index is 0.170. The molecule has 1 fully saturated rings. The average Bonchev–Trinajstić information content (AvgIpc) is 3.52. The number of carbonyl (C=O) groups excluding carboxylic acids is 2. The summed E-state index contributed by atoms with van der Waals surface area (Å²) < 4.78 is 20.8. The zero-order valence-electron chi connectivity index (χ0n) is 21.2. The van der Waals surface area contributed by atoms with E-state index in [1.807, 2.05) is 43.3 Å². The first-order chi connectivity index (χ1) is 18.7. The van der Waals surface area contributed by atoms with E-state index in [0.29, 0.717) is 50.5 Å². The topological polar surface area (TPSA) is 145 Å². The van der Waals surface area contributed by atoms with Gasteiger partial charge in [-0.15, -0.1) is 11.3 Å². The SMILES string of the molecule is Cc1cc(Oc2ccccc2)ccc1C1(N)C(=O)C(N)c2c(C(=O)N[C@H]3CNC[C@@H]3F)sc3c(N)ccc1c23. The molecule has 0 saturated carbocycles. The van der Waals surface area contributed by atoms with E-state index in [-0.39, 0.29) is 11.4 Å². The highest BCUT2D eigenvalue weighted by Crippen LogP contribution is 2.50. The molecule has 10 heteroatoms. The van der Waals surface area contributed by atoms with Crippen molar-refractivity contribution in [3.63, 3.8) is 0 Å². The molecule has 0 radical (unpaired) electrons. The molecule has 39 heavy (non-hydrogen) atoms. The van der Waals surface area contributed by atoms with Crippen molar-refractivity contribution < 1.29 is 18.7 Å². The lowest BCUT2D eigenvalue weighted by Gasteiger charge is -2.37. The molecule has 8 nitrogen and oxygen atoms in total. The van der Waals surface area contributed by atoms with Crippen LogP contribution in [0.4, 0.5) is 10.1 Å². The van der Waals surface area contributed by atoms with Crippen LogP contribution in [0, 0.1) is 6.92 Å². The van der Waals surface area contributed by atoms with Gasteiger partial charge in [0, 0.05) is 29.7 Å². The Morgan fingerprint density at radius 1 is 1.10 bits per heavy atom. The number of ketones is 1. The van der Waals surface area contributed by atoms with Gasteiger partial charge in [-0.3, -0.25) is 9.59 Å². The van der Waals surface area contributed by atoms with Crippen LogP contribution >= 0.6 is 11.3 Å². The van der Waals surface area contributed by atoms with Crippen LogP contribution in [0.1, 0.15) is 38.0 Å². The Morgan fingerprint density at radius 3 is 2.54 bits per heavy atom. The van der Waals surface area contributed by atoms with Gasteiger partial charge in [-0.25, -0.2) is 4.39 Å². The fraction of sp³-hybridized carbons (Fsp3) is 0.241. The van der Waals surface area contributed by atoms with E-state index in [0.717, 1.165) is 16.9 Å². The molecule has 4 atom stereocenters. The summed E-state index contributed by atoms with van der Waals surface area (Å²) >= 11 is 1.14. The van der Waals surface area contributed by atoms with Crippen LogP contribution in [-0.2, 0) is 10.3 Å². The van der Waals surface area contributed by atoms with Crippen LogP contribution in [0.15, 0.2) is 60.7 Å². The number of alkyl halides is 1. The number of ether oxygens (including phenoxy) is 1. The van der Waals surface area contributed by atoms with E-state index in [9.17, 15) is 14.0 Å². The number of anilines is 1. The summed E-state index contributed by atoms with van der Waals surface area (Å²) in [6, 6.07) is 16.3. The molecule has 200 valence electrons. The maximum absolute atomic E-state index is 14.2. The van der Waals surface area contributed by atoms with Gasteiger partial charge in [0.1, 0.15) is 23.2 Å². The van der Waals surface area contributed by atoms with Crippen molar-refractivity contribution in [3.8, 4) is 11.5 Å². The Labute approximate surface area is 228 Å². The van der Waals surface area contributed by atoms with Crippen molar-refractivity contribution in [2.45, 2.75) is 30.7 Å². The maximum atomic E-state index is 14.2. The molecule has 1 aliphatic heterocycles. The number of Topliss-reactive ketones (excluding diaryl/α,β-unsaturated/α-hetero) is 1. The first-order valence-electron chi connectivity index (χ1n) is 12.6. The minimum Gasteiger partial charge on any atom is -0.457 e. The van der Waals surface area contributed by atoms with E-state index in [1.165, 1.54) is 0 Å². The summed E-state index contributed by atoms with van der Waals surface area (Å²) in [6.45, 7) is 2.35. The second-order valence-electron chi connectivity index (χ2n) is 10.0. The zero-order valence-corrected chi connectivity index (χ0v) is 22.0. The Balaban J connectivity index is 1.46. The molecule has 1 amide bonds. The molecule has 3 aromatic carbocycles. The molecule has 1 aromatic heterocycles. The molecule has 6 rings (SSSR count). The number of benzene rings is 3. The summed E-state index contributed by atoms with van der Waals surface area (Å²) in [7, 11) is 0. The van der Waals surface area contributed by atoms with Crippen molar-refractivity contribution in [2.24, 2.45) is 11.5 Å². The lowest BCUT2D eigenvalue weighted by atomic mass is 9.69. The van der Waals surface area contributed by atoms with Gasteiger partial charge < -0.3 is 32.6 Å².